The van der Waals surface area contributed by atoms with Crippen LogP contribution in [0.15, 0.2) is 73.4 Å². The van der Waals surface area contributed by atoms with E-state index in [0.717, 1.165) is 33.3 Å². The number of anilines is 1. The van der Waals surface area contributed by atoms with E-state index in [4.69, 9.17) is 0 Å². The van der Waals surface area contributed by atoms with Gasteiger partial charge in [0, 0.05) is 30.0 Å². The standard InChI is InChI=1S/C25H26N4O/c1-25(2,3)16-29(21-10-8-18(9-11-21)23-15-27-17-28-23)24(30)12-20-14-26-13-19-6-4-5-7-22(19)20/h4-11,13-15,17H,12,16H2,1-3H3,(H,27,28). The summed E-state index contributed by atoms with van der Waals surface area (Å²) < 4.78 is 0. The summed E-state index contributed by atoms with van der Waals surface area (Å²) in [5.74, 6) is 0.0670. The molecule has 0 aliphatic heterocycles. The molecule has 1 amide bonds. The Morgan fingerprint density at radius 2 is 1.73 bits per heavy atom. The summed E-state index contributed by atoms with van der Waals surface area (Å²) >= 11 is 0. The van der Waals surface area contributed by atoms with Crippen LogP contribution in [0.25, 0.3) is 22.0 Å². The molecule has 0 aliphatic carbocycles. The van der Waals surface area contributed by atoms with Crippen molar-refractivity contribution in [2.45, 2.75) is 27.2 Å². The number of nitrogens with one attached hydrogen (secondary N) is 1. The molecule has 4 aromatic rings. The van der Waals surface area contributed by atoms with E-state index < -0.39 is 0 Å². The van der Waals surface area contributed by atoms with Gasteiger partial charge in [-0.1, -0.05) is 57.2 Å². The van der Waals surface area contributed by atoms with E-state index in [1.165, 1.54) is 0 Å². The smallest absolute Gasteiger partial charge is 0.231 e. The van der Waals surface area contributed by atoms with Gasteiger partial charge in [0.05, 0.1) is 24.6 Å². The third kappa shape index (κ3) is 4.40. The Labute approximate surface area is 176 Å². The molecule has 0 spiro atoms. The van der Waals surface area contributed by atoms with E-state index >= 15 is 0 Å². The maximum absolute atomic E-state index is 13.4. The Balaban J connectivity index is 1.64. The molecule has 4 rings (SSSR count). The summed E-state index contributed by atoms with van der Waals surface area (Å²) in [5, 5.41) is 2.13. The number of aromatic amines is 1. The predicted molar refractivity (Wildman–Crippen MR) is 121 cm³/mol. The number of benzene rings is 2. The summed E-state index contributed by atoms with van der Waals surface area (Å²) in [6, 6.07) is 16.1. The second kappa shape index (κ2) is 8.11. The first-order valence-corrected chi connectivity index (χ1v) is 10.1. The first-order chi connectivity index (χ1) is 14.4. The van der Waals surface area contributed by atoms with Crippen molar-refractivity contribution in [2.24, 2.45) is 5.41 Å². The molecule has 0 saturated heterocycles. The average molecular weight is 399 g/mol. The molecule has 2 aromatic carbocycles. The zero-order valence-electron chi connectivity index (χ0n) is 17.6. The van der Waals surface area contributed by atoms with Crippen molar-refractivity contribution in [1.82, 2.24) is 15.0 Å². The maximum Gasteiger partial charge on any atom is 0.231 e. The van der Waals surface area contributed by atoms with Crippen molar-refractivity contribution in [3.05, 3.63) is 79.0 Å². The van der Waals surface area contributed by atoms with Gasteiger partial charge >= 0.3 is 0 Å². The predicted octanol–water partition coefficient (Wildman–Crippen LogP) is 5.25. The van der Waals surface area contributed by atoms with E-state index in [-0.39, 0.29) is 11.3 Å². The highest BCUT2D eigenvalue weighted by Gasteiger charge is 2.23. The molecular formula is C25H26N4O. The monoisotopic (exact) mass is 398 g/mol. The normalized spacial score (nSPS) is 11.6. The van der Waals surface area contributed by atoms with Crippen molar-refractivity contribution in [2.75, 3.05) is 11.4 Å². The molecule has 0 fully saturated rings. The highest BCUT2D eigenvalue weighted by molar-refractivity contribution is 5.97. The number of imidazole rings is 1. The van der Waals surface area contributed by atoms with Crippen LogP contribution in [0.3, 0.4) is 0 Å². The number of hydrogen-bond donors (Lipinski definition) is 1. The molecule has 30 heavy (non-hydrogen) atoms. The highest BCUT2D eigenvalue weighted by Crippen LogP contribution is 2.26. The van der Waals surface area contributed by atoms with Crippen LogP contribution >= 0.6 is 0 Å². The number of rotatable bonds is 5. The topological polar surface area (TPSA) is 61.9 Å². The lowest BCUT2D eigenvalue weighted by Crippen LogP contribution is -2.38. The van der Waals surface area contributed by atoms with Gasteiger partial charge in [0.2, 0.25) is 5.91 Å². The maximum atomic E-state index is 13.4. The number of hydrogen-bond acceptors (Lipinski definition) is 3. The van der Waals surface area contributed by atoms with Crippen LogP contribution in [0, 0.1) is 5.41 Å². The van der Waals surface area contributed by atoms with Gasteiger partial charge in [0.25, 0.3) is 0 Å². The van der Waals surface area contributed by atoms with Crippen LogP contribution in [-0.4, -0.2) is 27.4 Å². The Bertz CT molecular complexity index is 1140. The zero-order chi connectivity index (χ0) is 21.1. The second-order valence-corrected chi connectivity index (χ2v) is 8.75. The summed E-state index contributed by atoms with van der Waals surface area (Å²) in [6.07, 6.45) is 7.41. The Hall–Kier alpha value is -3.47. The minimum atomic E-state index is -0.0330. The van der Waals surface area contributed by atoms with Gasteiger partial charge in [-0.3, -0.25) is 9.78 Å². The van der Waals surface area contributed by atoms with Gasteiger partial charge in [-0.05, 0) is 34.1 Å². The van der Waals surface area contributed by atoms with Crippen LogP contribution < -0.4 is 4.90 Å². The van der Waals surface area contributed by atoms with Gasteiger partial charge in [-0.25, -0.2) is 4.98 Å². The first-order valence-electron chi connectivity index (χ1n) is 10.1. The van der Waals surface area contributed by atoms with Crippen molar-refractivity contribution < 1.29 is 4.79 Å². The zero-order valence-corrected chi connectivity index (χ0v) is 17.6. The number of fused-ring (bicyclic) bond motifs is 1. The van der Waals surface area contributed by atoms with Crippen LogP contribution in [0.5, 0.6) is 0 Å². The molecule has 1 N–H and O–H groups in total. The Morgan fingerprint density at radius 3 is 2.43 bits per heavy atom. The first kappa shape index (κ1) is 19.8. The van der Waals surface area contributed by atoms with Gasteiger partial charge in [-0.2, -0.15) is 0 Å². The number of nitrogens with zero attached hydrogens (tertiary/aromatic N) is 3. The molecular weight excluding hydrogens is 372 g/mol. The van der Waals surface area contributed by atoms with Crippen molar-refractivity contribution in [1.29, 1.82) is 0 Å². The third-order valence-corrected chi connectivity index (χ3v) is 5.01. The largest absolute Gasteiger partial charge is 0.345 e. The number of carbonyl (C=O) groups excluding carboxylic acids is 1. The Morgan fingerprint density at radius 1 is 0.967 bits per heavy atom. The minimum absolute atomic E-state index is 0.0330. The lowest BCUT2D eigenvalue weighted by molar-refractivity contribution is -0.118. The van der Waals surface area contributed by atoms with Gasteiger partial charge in [-0.15, -0.1) is 0 Å². The summed E-state index contributed by atoms with van der Waals surface area (Å²) in [7, 11) is 0. The van der Waals surface area contributed by atoms with Crippen molar-refractivity contribution in [3.63, 3.8) is 0 Å². The molecule has 5 heteroatoms. The molecule has 0 atom stereocenters. The molecule has 152 valence electrons. The molecule has 2 heterocycles. The minimum Gasteiger partial charge on any atom is -0.345 e. The fraction of sp³-hybridized carbons (Fsp3) is 0.240. The van der Waals surface area contributed by atoms with E-state index in [0.29, 0.717) is 13.0 Å². The second-order valence-electron chi connectivity index (χ2n) is 8.75. The third-order valence-electron chi connectivity index (χ3n) is 5.01. The van der Waals surface area contributed by atoms with E-state index in [1.807, 2.05) is 59.6 Å². The molecule has 0 unspecified atom stereocenters. The number of H-pyrrole nitrogens is 1. The summed E-state index contributed by atoms with van der Waals surface area (Å²) in [4.78, 5) is 26.8. The van der Waals surface area contributed by atoms with E-state index in [2.05, 4.69) is 35.7 Å². The molecule has 0 saturated carbocycles. The van der Waals surface area contributed by atoms with Gasteiger partial charge in [0.1, 0.15) is 0 Å². The van der Waals surface area contributed by atoms with Crippen molar-refractivity contribution >= 4 is 22.4 Å². The quantitative estimate of drug-likeness (QED) is 0.500. The number of amides is 1. The van der Waals surface area contributed by atoms with Crippen molar-refractivity contribution in [3.8, 4) is 11.3 Å². The SMILES string of the molecule is CC(C)(C)CN(C(=O)Cc1cncc2ccccc12)c1ccc(-c2cnc[nH]2)cc1. The lowest BCUT2D eigenvalue weighted by atomic mass is 9.95. The van der Waals surface area contributed by atoms with Gasteiger partial charge < -0.3 is 9.88 Å². The van der Waals surface area contributed by atoms with Crippen LogP contribution in [0.4, 0.5) is 5.69 Å². The molecule has 0 radical (unpaired) electrons. The number of carbonyl (C=O) groups is 1. The van der Waals surface area contributed by atoms with E-state index in [1.54, 1.807) is 18.7 Å². The summed E-state index contributed by atoms with van der Waals surface area (Å²) in [5.41, 5.74) is 3.81. The molecule has 0 aliphatic rings. The number of pyridine rings is 1. The molecule has 5 nitrogen and oxygen atoms in total. The molecule has 2 aromatic heterocycles. The van der Waals surface area contributed by atoms with E-state index in [9.17, 15) is 4.79 Å². The van der Waals surface area contributed by atoms with Crippen LogP contribution in [0.2, 0.25) is 0 Å². The van der Waals surface area contributed by atoms with Crippen LogP contribution in [0.1, 0.15) is 26.3 Å². The fourth-order valence-electron chi connectivity index (χ4n) is 3.61. The fourth-order valence-corrected chi connectivity index (χ4v) is 3.61. The summed E-state index contributed by atoms with van der Waals surface area (Å²) in [6.45, 7) is 7.07. The van der Waals surface area contributed by atoms with Crippen LogP contribution in [-0.2, 0) is 11.2 Å². The number of aromatic nitrogens is 3. The van der Waals surface area contributed by atoms with Gasteiger partial charge in [0.15, 0.2) is 0 Å². The highest BCUT2D eigenvalue weighted by atomic mass is 16.2. The lowest BCUT2D eigenvalue weighted by Gasteiger charge is -2.30. The molecule has 0 bridgehead atoms. The average Bonchev–Trinajstić information content (AvgIpc) is 3.27. The Kier molecular flexibility index (Phi) is 5.36.